The molecule has 1 N–H and O–H groups in total. The van der Waals surface area contributed by atoms with E-state index >= 15 is 8.78 Å². The van der Waals surface area contributed by atoms with Crippen LogP contribution in [0.15, 0.2) is 59.5 Å². The molecule has 7 rings (SSSR count). The Morgan fingerprint density at radius 3 is 2.07 bits per heavy atom. The molecule has 0 aromatic heterocycles. The third-order valence-electron chi connectivity index (χ3n) is 10.4. The molecule has 16 heteroatoms. The van der Waals surface area contributed by atoms with Crippen molar-refractivity contribution in [3.05, 3.63) is 122 Å². The average Bonchev–Trinajstić information content (AvgIpc) is 4.10. The van der Waals surface area contributed by atoms with Crippen molar-refractivity contribution in [2.75, 3.05) is 42.6 Å². The second-order valence-electron chi connectivity index (χ2n) is 14.4. The van der Waals surface area contributed by atoms with Crippen LogP contribution in [0, 0.1) is 36.0 Å². The van der Waals surface area contributed by atoms with Gasteiger partial charge in [0.2, 0.25) is 15.9 Å². The molecule has 2 saturated carbocycles. The summed E-state index contributed by atoms with van der Waals surface area (Å²) < 4.78 is 109. The van der Waals surface area contributed by atoms with Crippen LogP contribution >= 0.6 is 11.6 Å². The number of hydrogen-bond acceptors (Lipinski definition) is 6. The fraction of sp³-hybridized carbons (Fsp3) is 0.350. The lowest BCUT2D eigenvalue weighted by Gasteiger charge is -2.35. The van der Waals surface area contributed by atoms with Crippen molar-refractivity contribution in [1.29, 1.82) is 0 Å². The van der Waals surface area contributed by atoms with Gasteiger partial charge in [0.15, 0.2) is 28.2 Å². The summed E-state index contributed by atoms with van der Waals surface area (Å²) in [5.74, 6) is -10.6. The Kier molecular flexibility index (Phi) is 11.2. The van der Waals surface area contributed by atoms with E-state index in [4.69, 9.17) is 16.3 Å². The maximum Gasteiger partial charge on any atom is 0.335 e. The first-order chi connectivity index (χ1) is 26.6. The quantitative estimate of drug-likeness (QED) is 0.0827. The number of rotatable bonds is 13. The topological polar surface area (TPSA) is 107 Å². The number of carbonyl (C=O) groups is 2. The minimum Gasteiger partial charge on any atom is -0.478 e. The van der Waals surface area contributed by atoms with E-state index in [2.05, 4.69) is 6.07 Å². The largest absolute Gasteiger partial charge is 0.478 e. The molecular weight excluding hydrogens is 781 g/mol. The first-order valence-corrected chi connectivity index (χ1v) is 19.9. The van der Waals surface area contributed by atoms with E-state index in [-0.39, 0.29) is 28.4 Å². The number of ether oxygens (including phenoxy) is 1. The summed E-state index contributed by atoms with van der Waals surface area (Å²) in [4.78, 5) is 28.3. The maximum atomic E-state index is 15.6. The molecule has 4 aromatic carbocycles. The first kappa shape index (κ1) is 39.7. The van der Waals surface area contributed by atoms with E-state index in [1.54, 1.807) is 0 Å². The highest BCUT2D eigenvalue weighted by Crippen LogP contribution is 2.46. The van der Waals surface area contributed by atoms with Gasteiger partial charge in [-0.25, -0.2) is 35.2 Å². The molecule has 0 radical (unpaired) electrons. The predicted octanol–water partition coefficient (Wildman–Crippen LogP) is 8.06. The number of amides is 1. The van der Waals surface area contributed by atoms with Gasteiger partial charge in [0.25, 0.3) is 0 Å². The summed E-state index contributed by atoms with van der Waals surface area (Å²) in [7, 11) is -5.53. The van der Waals surface area contributed by atoms with Crippen LogP contribution in [0.1, 0.15) is 75.7 Å². The van der Waals surface area contributed by atoms with Gasteiger partial charge >= 0.3 is 5.97 Å². The standard InChI is InChI=1S/C40H37ClF5N3O6S/c1-22-35(43)37(45)38(46)39(36(22)44)56(53,54)48(20-27-6-8-30(42)18-31(27)41)21-34(50)49(19-23-14-28(24-2-3-24)16-29(15-23)25-4-5-25)32-9-7-26(40(51)52)17-33(32)47-10-12-55-13-11-47/h6-9,14-18,24-25H,2-5,10-13,19-21H2,1H3,(H,51,52). The van der Waals surface area contributed by atoms with Crippen LogP contribution in [0.3, 0.4) is 0 Å². The number of nitrogens with zero attached hydrogens (tertiary/aromatic N) is 3. The Hall–Kier alpha value is -4.57. The van der Waals surface area contributed by atoms with Gasteiger partial charge in [-0.2, -0.15) is 4.31 Å². The summed E-state index contributed by atoms with van der Waals surface area (Å²) in [6, 6.07) is 13.2. The Labute approximate surface area is 325 Å². The van der Waals surface area contributed by atoms with Gasteiger partial charge in [-0.3, -0.25) is 4.79 Å². The smallest absolute Gasteiger partial charge is 0.335 e. The zero-order chi connectivity index (χ0) is 40.1. The number of carboxylic acids is 1. The number of sulfonamides is 1. The van der Waals surface area contributed by atoms with Gasteiger partial charge in [-0.1, -0.05) is 35.9 Å². The third-order valence-corrected chi connectivity index (χ3v) is 12.5. The zero-order valence-electron chi connectivity index (χ0n) is 30.1. The molecule has 4 aromatic rings. The Balaban J connectivity index is 1.37. The molecule has 3 fully saturated rings. The molecule has 1 aliphatic heterocycles. The van der Waals surface area contributed by atoms with Crippen LogP contribution in [0.2, 0.25) is 5.02 Å². The van der Waals surface area contributed by atoms with Gasteiger partial charge in [-0.15, -0.1) is 0 Å². The van der Waals surface area contributed by atoms with Crippen molar-refractivity contribution < 1.29 is 49.8 Å². The van der Waals surface area contributed by atoms with Crippen molar-refractivity contribution in [2.45, 2.75) is 62.4 Å². The number of carboxylic acid groups (broad SMARTS) is 1. The summed E-state index contributed by atoms with van der Waals surface area (Å²) >= 11 is 6.27. The molecular formula is C40H37ClF5N3O6S. The Morgan fingerprint density at radius 2 is 1.48 bits per heavy atom. The number of benzene rings is 4. The van der Waals surface area contributed by atoms with Gasteiger partial charge in [0, 0.05) is 30.2 Å². The highest BCUT2D eigenvalue weighted by Gasteiger charge is 2.39. The number of carbonyl (C=O) groups excluding carboxylic acids is 1. The lowest BCUT2D eigenvalue weighted by atomic mass is 9.99. The van der Waals surface area contributed by atoms with E-state index in [0.717, 1.165) is 61.9 Å². The number of anilines is 2. The molecule has 3 aliphatic rings. The fourth-order valence-electron chi connectivity index (χ4n) is 6.96. The third kappa shape index (κ3) is 8.13. The molecule has 0 unspecified atom stereocenters. The van der Waals surface area contributed by atoms with Crippen molar-refractivity contribution in [3.8, 4) is 0 Å². The molecule has 56 heavy (non-hydrogen) atoms. The number of hydrogen-bond donors (Lipinski definition) is 1. The van der Waals surface area contributed by atoms with E-state index in [0.29, 0.717) is 53.7 Å². The SMILES string of the molecule is Cc1c(F)c(F)c(F)c(S(=O)(=O)N(CC(=O)N(Cc2cc(C3CC3)cc(C3CC3)c2)c2ccc(C(=O)O)cc2N2CCOCC2)Cc2ccc(F)cc2Cl)c1F. The molecule has 1 heterocycles. The summed E-state index contributed by atoms with van der Waals surface area (Å²) in [6.45, 7) is -0.0796. The van der Waals surface area contributed by atoms with Gasteiger partial charge in [-0.05, 0) is 97.0 Å². The maximum absolute atomic E-state index is 15.6. The monoisotopic (exact) mass is 817 g/mol. The van der Waals surface area contributed by atoms with Crippen molar-refractivity contribution in [3.63, 3.8) is 0 Å². The van der Waals surface area contributed by atoms with Crippen LogP contribution in [0.4, 0.5) is 33.3 Å². The van der Waals surface area contributed by atoms with E-state index in [9.17, 15) is 36.3 Å². The second kappa shape index (κ2) is 15.8. The Morgan fingerprint density at radius 1 is 0.839 bits per heavy atom. The minimum absolute atomic E-state index is 0.0675. The van der Waals surface area contributed by atoms with Crippen LogP contribution in [0.5, 0.6) is 0 Å². The van der Waals surface area contributed by atoms with Crippen LogP contribution in [-0.2, 0) is 32.6 Å². The van der Waals surface area contributed by atoms with E-state index in [1.165, 1.54) is 23.1 Å². The molecule has 0 spiro atoms. The average molecular weight is 818 g/mol. The van der Waals surface area contributed by atoms with Crippen LogP contribution in [0.25, 0.3) is 0 Å². The van der Waals surface area contributed by atoms with Gasteiger partial charge < -0.3 is 19.6 Å². The molecule has 0 bridgehead atoms. The molecule has 1 saturated heterocycles. The first-order valence-electron chi connectivity index (χ1n) is 18.0. The normalized spacial score (nSPS) is 16.0. The van der Waals surface area contributed by atoms with Crippen molar-refractivity contribution >= 4 is 44.9 Å². The van der Waals surface area contributed by atoms with Gasteiger partial charge in [0.05, 0.1) is 43.2 Å². The molecule has 296 valence electrons. The van der Waals surface area contributed by atoms with E-state index in [1.807, 2.05) is 17.0 Å². The number of halogens is 6. The van der Waals surface area contributed by atoms with Crippen molar-refractivity contribution in [1.82, 2.24) is 4.31 Å². The summed E-state index contributed by atoms with van der Waals surface area (Å²) in [5.41, 5.74) is 2.21. The molecule has 0 atom stereocenters. The summed E-state index contributed by atoms with van der Waals surface area (Å²) in [6.07, 6.45) is 4.01. The highest BCUT2D eigenvalue weighted by molar-refractivity contribution is 7.89. The zero-order valence-corrected chi connectivity index (χ0v) is 31.7. The van der Waals surface area contributed by atoms with Gasteiger partial charge in [0.1, 0.15) is 5.82 Å². The predicted molar refractivity (Wildman–Crippen MR) is 198 cm³/mol. The highest BCUT2D eigenvalue weighted by atomic mass is 35.5. The van der Waals surface area contributed by atoms with Crippen LogP contribution < -0.4 is 9.80 Å². The number of aromatic carboxylic acids is 1. The molecule has 2 aliphatic carbocycles. The minimum atomic E-state index is -5.53. The second-order valence-corrected chi connectivity index (χ2v) is 16.6. The Bertz CT molecular complexity index is 2270. The van der Waals surface area contributed by atoms with E-state index < -0.39 is 74.5 Å². The van der Waals surface area contributed by atoms with Crippen molar-refractivity contribution in [2.24, 2.45) is 0 Å². The lowest BCUT2D eigenvalue weighted by molar-refractivity contribution is -0.119. The lowest BCUT2D eigenvalue weighted by Crippen LogP contribution is -2.44. The number of morpholine rings is 1. The fourth-order valence-corrected chi connectivity index (χ4v) is 8.73. The molecule has 9 nitrogen and oxygen atoms in total. The summed E-state index contributed by atoms with van der Waals surface area (Å²) in [5, 5.41) is 9.64. The van der Waals surface area contributed by atoms with Crippen LogP contribution in [-0.4, -0.2) is 62.6 Å². The molecule has 1 amide bonds.